The molecule has 8 heteroatoms. The second-order valence-corrected chi connectivity index (χ2v) is 7.38. The van der Waals surface area contributed by atoms with Crippen molar-refractivity contribution in [2.45, 2.75) is 32.6 Å². The first-order valence-electron chi connectivity index (χ1n) is 9.46. The van der Waals surface area contributed by atoms with Crippen LogP contribution in [-0.2, 0) is 14.1 Å². The van der Waals surface area contributed by atoms with Crippen molar-refractivity contribution in [2.75, 3.05) is 0 Å². The monoisotopic (exact) mass is 374 g/mol. The van der Waals surface area contributed by atoms with Crippen LogP contribution in [0.4, 0.5) is 0 Å². The van der Waals surface area contributed by atoms with E-state index in [4.69, 9.17) is 15.2 Å². The van der Waals surface area contributed by atoms with Gasteiger partial charge in [-0.15, -0.1) is 5.10 Å². The predicted molar refractivity (Wildman–Crippen MR) is 105 cm³/mol. The first-order chi connectivity index (χ1) is 13.5. The minimum Gasteiger partial charge on any atom is -0.272 e. The van der Waals surface area contributed by atoms with Crippen molar-refractivity contribution in [2.24, 2.45) is 14.1 Å². The summed E-state index contributed by atoms with van der Waals surface area (Å²) in [5.41, 5.74) is 4.92. The van der Waals surface area contributed by atoms with Gasteiger partial charge in [0.2, 0.25) is 0 Å². The molecule has 4 aromatic rings. The second kappa shape index (κ2) is 6.12. The van der Waals surface area contributed by atoms with E-state index < -0.39 is 0 Å². The molecule has 1 saturated carbocycles. The van der Waals surface area contributed by atoms with Gasteiger partial charge in [0.05, 0.1) is 11.4 Å². The highest BCUT2D eigenvalue weighted by atomic mass is 15.4. The maximum Gasteiger partial charge on any atom is 0.183 e. The van der Waals surface area contributed by atoms with Gasteiger partial charge in [0.25, 0.3) is 0 Å². The molecule has 1 fully saturated rings. The molecule has 1 aliphatic rings. The van der Waals surface area contributed by atoms with Crippen molar-refractivity contribution in [3.63, 3.8) is 0 Å². The Bertz CT molecular complexity index is 1160. The van der Waals surface area contributed by atoms with Gasteiger partial charge < -0.3 is 0 Å². The van der Waals surface area contributed by atoms with Crippen molar-refractivity contribution >= 4 is 0 Å². The van der Waals surface area contributed by atoms with Gasteiger partial charge in [-0.05, 0) is 44.9 Å². The molecule has 8 nitrogen and oxygen atoms in total. The van der Waals surface area contributed by atoms with Gasteiger partial charge in [-0.25, -0.2) is 9.97 Å². The first kappa shape index (κ1) is 16.9. The van der Waals surface area contributed by atoms with E-state index in [0.717, 1.165) is 58.6 Å². The maximum atomic E-state index is 4.87. The molecule has 0 N–H and O–H groups in total. The average molecular weight is 374 g/mol. The van der Waals surface area contributed by atoms with Gasteiger partial charge in [-0.2, -0.15) is 14.9 Å². The quantitative estimate of drug-likeness (QED) is 0.549. The number of nitrogens with zero attached hydrogens (tertiary/aromatic N) is 8. The highest BCUT2D eigenvalue weighted by molar-refractivity contribution is 5.69. The Morgan fingerprint density at radius 1 is 1.00 bits per heavy atom. The summed E-state index contributed by atoms with van der Waals surface area (Å²) in [5, 5.41) is 14.0. The standard InChI is InChI=1S/C20H22N8/c1-12-18(13(2)26(3)23-12)15-11-16(27(4)24-15)20-22-19(14-8-9-14)25-28(20)17-7-5-6-10-21-17/h5-7,10-11,14H,8-9H2,1-4H3. The van der Waals surface area contributed by atoms with Crippen LogP contribution < -0.4 is 0 Å². The molecule has 4 aromatic heterocycles. The third-order valence-corrected chi connectivity index (χ3v) is 5.31. The van der Waals surface area contributed by atoms with E-state index in [1.165, 1.54) is 0 Å². The predicted octanol–water partition coefficient (Wildman–Crippen LogP) is 2.96. The van der Waals surface area contributed by atoms with Gasteiger partial charge in [-0.1, -0.05) is 6.07 Å². The van der Waals surface area contributed by atoms with E-state index in [1.54, 1.807) is 6.20 Å². The molecule has 1 aliphatic carbocycles. The zero-order chi connectivity index (χ0) is 19.4. The summed E-state index contributed by atoms with van der Waals surface area (Å²) in [7, 11) is 3.89. The van der Waals surface area contributed by atoms with Gasteiger partial charge >= 0.3 is 0 Å². The number of rotatable bonds is 4. The lowest BCUT2D eigenvalue weighted by Crippen LogP contribution is -2.04. The molecule has 0 radical (unpaired) electrons. The molecule has 4 heterocycles. The van der Waals surface area contributed by atoms with Crippen LogP contribution in [-0.4, -0.2) is 39.3 Å². The minimum absolute atomic E-state index is 0.458. The molecule has 142 valence electrons. The second-order valence-electron chi connectivity index (χ2n) is 7.38. The van der Waals surface area contributed by atoms with Gasteiger partial charge in [-0.3, -0.25) is 9.36 Å². The Morgan fingerprint density at radius 2 is 1.82 bits per heavy atom. The number of hydrogen-bond donors (Lipinski definition) is 0. The molecule has 0 aromatic carbocycles. The lowest BCUT2D eigenvalue weighted by atomic mass is 10.1. The van der Waals surface area contributed by atoms with E-state index in [9.17, 15) is 0 Å². The fraction of sp³-hybridized carbons (Fsp3) is 0.350. The summed E-state index contributed by atoms with van der Waals surface area (Å²) in [6.45, 7) is 4.07. The molecule has 0 saturated heterocycles. The summed E-state index contributed by atoms with van der Waals surface area (Å²) >= 11 is 0. The highest BCUT2D eigenvalue weighted by Gasteiger charge is 2.30. The summed E-state index contributed by atoms with van der Waals surface area (Å²) in [4.78, 5) is 9.34. The van der Waals surface area contributed by atoms with Crippen LogP contribution in [0, 0.1) is 13.8 Å². The van der Waals surface area contributed by atoms with Crippen LogP contribution in [0.1, 0.15) is 36.0 Å². The average Bonchev–Trinajstić information content (AvgIpc) is 3.25. The number of aryl methyl sites for hydroxylation is 3. The molecule has 28 heavy (non-hydrogen) atoms. The van der Waals surface area contributed by atoms with Crippen LogP contribution in [0.15, 0.2) is 30.5 Å². The van der Waals surface area contributed by atoms with Gasteiger partial charge in [0.15, 0.2) is 17.5 Å². The molecular weight excluding hydrogens is 352 g/mol. The molecule has 0 aliphatic heterocycles. The normalized spacial score (nSPS) is 14.0. The van der Waals surface area contributed by atoms with Crippen LogP contribution >= 0.6 is 0 Å². The Hall–Kier alpha value is -3.29. The summed E-state index contributed by atoms with van der Waals surface area (Å²) < 4.78 is 5.58. The number of hydrogen-bond acceptors (Lipinski definition) is 5. The molecule has 0 atom stereocenters. The molecule has 5 rings (SSSR count). The van der Waals surface area contributed by atoms with E-state index in [1.807, 2.05) is 53.3 Å². The fourth-order valence-electron chi connectivity index (χ4n) is 3.59. The maximum absolute atomic E-state index is 4.87. The van der Waals surface area contributed by atoms with Crippen LogP contribution in [0.25, 0.3) is 28.6 Å². The summed E-state index contributed by atoms with van der Waals surface area (Å²) in [6, 6.07) is 7.87. The topological polar surface area (TPSA) is 79.2 Å². The van der Waals surface area contributed by atoms with E-state index >= 15 is 0 Å². The molecule has 0 amide bonds. The van der Waals surface area contributed by atoms with E-state index in [0.29, 0.717) is 5.92 Å². The molecular formula is C20H22N8. The fourth-order valence-corrected chi connectivity index (χ4v) is 3.59. The van der Waals surface area contributed by atoms with Crippen molar-refractivity contribution < 1.29 is 0 Å². The largest absolute Gasteiger partial charge is 0.272 e. The number of aromatic nitrogens is 8. The Balaban J connectivity index is 1.67. The minimum atomic E-state index is 0.458. The van der Waals surface area contributed by atoms with Gasteiger partial charge in [0, 0.05) is 37.5 Å². The smallest absolute Gasteiger partial charge is 0.183 e. The van der Waals surface area contributed by atoms with Gasteiger partial charge in [0.1, 0.15) is 5.69 Å². The molecule has 0 unspecified atom stereocenters. The Labute approximate surface area is 162 Å². The molecule has 0 spiro atoms. The van der Waals surface area contributed by atoms with Crippen LogP contribution in [0.2, 0.25) is 0 Å². The van der Waals surface area contributed by atoms with Crippen molar-refractivity contribution in [1.29, 1.82) is 0 Å². The third kappa shape index (κ3) is 2.64. The van der Waals surface area contributed by atoms with Crippen molar-refractivity contribution in [3.8, 4) is 28.6 Å². The summed E-state index contributed by atoms with van der Waals surface area (Å²) in [5.74, 6) is 2.87. The highest BCUT2D eigenvalue weighted by Crippen LogP contribution is 2.39. The Morgan fingerprint density at radius 3 is 2.46 bits per heavy atom. The van der Waals surface area contributed by atoms with E-state index in [-0.39, 0.29) is 0 Å². The SMILES string of the molecule is Cc1nn(C)c(C)c1-c1cc(-c2nc(C3CC3)nn2-c2ccccn2)n(C)n1. The summed E-state index contributed by atoms with van der Waals surface area (Å²) in [6.07, 6.45) is 4.07. The lowest BCUT2D eigenvalue weighted by molar-refractivity contribution is 0.731. The van der Waals surface area contributed by atoms with Crippen LogP contribution in [0.5, 0.6) is 0 Å². The first-order valence-corrected chi connectivity index (χ1v) is 9.46. The zero-order valence-electron chi connectivity index (χ0n) is 16.5. The molecule has 0 bridgehead atoms. The third-order valence-electron chi connectivity index (χ3n) is 5.31. The lowest BCUT2D eigenvalue weighted by Gasteiger charge is -2.04. The van der Waals surface area contributed by atoms with Crippen LogP contribution in [0.3, 0.4) is 0 Å². The van der Waals surface area contributed by atoms with Crippen molar-refractivity contribution in [3.05, 3.63) is 47.7 Å². The Kier molecular flexibility index (Phi) is 3.68. The van der Waals surface area contributed by atoms with Crippen molar-refractivity contribution in [1.82, 2.24) is 39.3 Å². The van der Waals surface area contributed by atoms with E-state index in [2.05, 4.69) is 23.1 Å². The zero-order valence-corrected chi connectivity index (χ0v) is 16.5. The number of pyridine rings is 1.